The Kier molecular flexibility index (Phi) is 5.38. The lowest BCUT2D eigenvalue weighted by molar-refractivity contribution is 0.0239. The Hall–Kier alpha value is -0.530. The van der Waals surface area contributed by atoms with Crippen LogP contribution in [0.25, 0.3) is 0 Å². The highest BCUT2D eigenvalue weighted by atomic mass is 32.2. The number of aliphatic hydroxyl groups excluding tert-OH is 1. The summed E-state index contributed by atoms with van der Waals surface area (Å²) in [6, 6.07) is 0.100. The summed E-state index contributed by atoms with van der Waals surface area (Å²) in [6.45, 7) is 0. The highest BCUT2D eigenvalue weighted by molar-refractivity contribution is 7.86. The van der Waals surface area contributed by atoms with Crippen LogP contribution in [0.4, 0.5) is 0 Å². The van der Waals surface area contributed by atoms with Crippen LogP contribution in [0.3, 0.4) is 0 Å². The monoisotopic (exact) mass is 344 g/mol. The summed E-state index contributed by atoms with van der Waals surface area (Å²) in [5, 5.41) is 18.7. The zero-order valence-corrected chi connectivity index (χ0v) is 14.4. The molecule has 5 unspecified atom stereocenters. The van der Waals surface area contributed by atoms with Crippen molar-refractivity contribution in [3.63, 3.8) is 0 Å². The zero-order chi connectivity index (χ0) is 16.4. The minimum Gasteiger partial charge on any atom is -0.391 e. The maximum atomic E-state index is 11.4. The first kappa shape index (κ1) is 17.3. The van der Waals surface area contributed by atoms with Gasteiger partial charge in [-0.05, 0) is 56.8 Å². The average Bonchev–Trinajstić information content (AvgIpc) is 2.53. The molecule has 3 aliphatic rings. The van der Waals surface area contributed by atoms with Gasteiger partial charge in [-0.3, -0.25) is 4.55 Å². The molecule has 0 amide bonds. The van der Waals surface area contributed by atoms with E-state index in [1.165, 1.54) is 19.3 Å². The van der Waals surface area contributed by atoms with Gasteiger partial charge < -0.3 is 5.11 Å². The summed E-state index contributed by atoms with van der Waals surface area (Å²) >= 11 is 0. The van der Waals surface area contributed by atoms with Crippen LogP contribution in [0.5, 0.6) is 0 Å². The topological polar surface area (TPSA) is 99.3 Å². The SMILES string of the molecule is O=S(=O)(O)C1CCC2C(CCC(O)C2N=NC2CCCCC2)C1. The van der Waals surface area contributed by atoms with E-state index in [1.54, 1.807) is 0 Å². The zero-order valence-electron chi connectivity index (χ0n) is 13.5. The van der Waals surface area contributed by atoms with Gasteiger partial charge in [0.15, 0.2) is 0 Å². The molecule has 0 heterocycles. The van der Waals surface area contributed by atoms with Crippen molar-refractivity contribution < 1.29 is 18.1 Å². The summed E-state index contributed by atoms with van der Waals surface area (Å²) < 4.78 is 32.1. The largest absolute Gasteiger partial charge is 0.391 e. The van der Waals surface area contributed by atoms with Crippen molar-refractivity contribution in [2.45, 2.75) is 87.6 Å². The number of fused-ring (bicyclic) bond motifs is 1. The van der Waals surface area contributed by atoms with Crippen LogP contribution in [-0.2, 0) is 10.1 Å². The number of rotatable bonds is 3. The van der Waals surface area contributed by atoms with E-state index >= 15 is 0 Å². The van der Waals surface area contributed by atoms with E-state index in [0.717, 1.165) is 19.3 Å². The van der Waals surface area contributed by atoms with Gasteiger partial charge in [-0.2, -0.15) is 18.6 Å². The molecule has 23 heavy (non-hydrogen) atoms. The molecule has 0 bridgehead atoms. The third-order valence-corrected chi connectivity index (χ3v) is 7.29. The Morgan fingerprint density at radius 1 is 0.870 bits per heavy atom. The van der Waals surface area contributed by atoms with E-state index in [9.17, 15) is 18.1 Å². The van der Waals surface area contributed by atoms with Crippen LogP contribution >= 0.6 is 0 Å². The minimum atomic E-state index is -3.95. The van der Waals surface area contributed by atoms with Crippen molar-refractivity contribution >= 4 is 10.1 Å². The van der Waals surface area contributed by atoms with Gasteiger partial charge in [-0.25, -0.2) is 0 Å². The van der Waals surface area contributed by atoms with Gasteiger partial charge in [0.05, 0.1) is 23.4 Å². The number of aliphatic hydroxyl groups is 1. The Morgan fingerprint density at radius 3 is 2.30 bits per heavy atom. The molecule has 0 aliphatic heterocycles. The number of hydrogen-bond donors (Lipinski definition) is 2. The standard InChI is InChI=1S/C16H28N2O4S/c19-15-9-6-11-10-13(23(20,21)22)7-8-14(11)16(15)18-17-12-4-2-1-3-5-12/h11-16,19H,1-10H2,(H,20,21,22). The van der Waals surface area contributed by atoms with Crippen LogP contribution < -0.4 is 0 Å². The fourth-order valence-electron chi connectivity index (χ4n) is 4.67. The van der Waals surface area contributed by atoms with Crippen molar-refractivity contribution in [3.05, 3.63) is 0 Å². The van der Waals surface area contributed by atoms with Gasteiger partial charge in [0, 0.05) is 0 Å². The maximum Gasteiger partial charge on any atom is 0.267 e. The van der Waals surface area contributed by atoms with Gasteiger partial charge in [-0.1, -0.05) is 19.3 Å². The molecule has 132 valence electrons. The quantitative estimate of drug-likeness (QED) is 0.607. The number of nitrogens with zero attached hydrogens (tertiary/aromatic N) is 2. The first-order valence-corrected chi connectivity index (χ1v) is 10.5. The second-order valence-corrected chi connectivity index (χ2v) is 9.23. The van der Waals surface area contributed by atoms with Crippen LogP contribution in [0.15, 0.2) is 10.2 Å². The number of hydrogen-bond acceptors (Lipinski definition) is 5. The molecule has 3 rings (SSSR count). The second kappa shape index (κ2) is 7.15. The van der Waals surface area contributed by atoms with E-state index in [4.69, 9.17) is 0 Å². The summed E-state index contributed by atoms with van der Waals surface area (Å²) in [5.41, 5.74) is 0. The molecule has 7 heteroatoms. The molecule has 5 atom stereocenters. The molecular weight excluding hydrogens is 316 g/mol. The van der Waals surface area contributed by atoms with E-state index in [1.807, 2.05) is 0 Å². The third-order valence-electron chi connectivity index (χ3n) is 6.02. The first-order chi connectivity index (χ1) is 10.9. The Bertz CT molecular complexity index is 530. The molecule has 0 aromatic carbocycles. The molecule has 2 N–H and O–H groups in total. The van der Waals surface area contributed by atoms with E-state index in [2.05, 4.69) is 10.2 Å². The van der Waals surface area contributed by atoms with Crippen molar-refractivity contribution in [1.82, 2.24) is 0 Å². The molecule has 0 aromatic rings. The molecular formula is C16H28N2O4S. The summed E-state index contributed by atoms with van der Waals surface area (Å²) in [6.07, 6.45) is 8.51. The third kappa shape index (κ3) is 4.12. The fraction of sp³-hybridized carbons (Fsp3) is 1.00. The lowest BCUT2D eigenvalue weighted by Crippen LogP contribution is -2.46. The van der Waals surface area contributed by atoms with Crippen LogP contribution in [0, 0.1) is 11.8 Å². The molecule has 0 spiro atoms. The predicted molar refractivity (Wildman–Crippen MR) is 86.9 cm³/mol. The lowest BCUT2D eigenvalue weighted by atomic mass is 9.67. The molecule has 3 saturated carbocycles. The van der Waals surface area contributed by atoms with Crippen molar-refractivity contribution in [1.29, 1.82) is 0 Å². The molecule has 6 nitrogen and oxygen atoms in total. The van der Waals surface area contributed by atoms with Gasteiger partial charge in [0.2, 0.25) is 0 Å². The van der Waals surface area contributed by atoms with Gasteiger partial charge in [0.25, 0.3) is 10.1 Å². The lowest BCUT2D eigenvalue weighted by Gasteiger charge is -2.43. The Morgan fingerprint density at radius 2 is 1.61 bits per heavy atom. The van der Waals surface area contributed by atoms with Gasteiger partial charge in [-0.15, -0.1) is 0 Å². The van der Waals surface area contributed by atoms with Crippen LogP contribution in [0.2, 0.25) is 0 Å². The summed E-state index contributed by atoms with van der Waals surface area (Å²) in [4.78, 5) is 0. The molecule has 0 aromatic heterocycles. The van der Waals surface area contributed by atoms with Crippen molar-refractivity contribution in [2.75, 3.05) is 0 Å². The second-order valence-electron chi connectivity index (χ2n) is 7.53. The first-order valence-electron chi connectivity index (χ1n) is 8.99. The molecule has 3 fully saturated rings. The minimum absolute atomic E-state index is 0.196. The fourth-order valence-corrected chi connectivity index (χ4v) is 5.59. The van der Waals surface area contributed by atoms with Gasteiger partial charge >= 0.3 is 0 Å². The van der Waals surface area contributed by atoms with Crippen molar-refractivity contribution in [3.8, 4) is 0 Å². The predicted octanol–water partition coefficient (Wildman–Crippen LogP) is 2.97. The van der Waals surface area contributed by atoms with Crippen LogP contribution in [0.1, 0.15) is 64.2 Å². The number of azo groups is 1. The molecule has 3 aliphatic carbocycles. The maximum absolute atomic E-state index is 11.4. The highest BCUT2D eigenvalue weighted by Gasteiger charge is 2.44. The average molecular weight is 344 g/mol. The van der Waals surface area contributed by atoms with E-state index < -0.39 is 21.5 Å². The van der Waals surface area contributed by atoms with Crippen molar-refractivity contribution in [2.24, 2.45) is 22.1 Å². The summed E-state index contributed by atoms with van der Waals surface area (Å²) in [5.74, 6) is 0.415. The Labute approximate surface area is 138 Å². The highest BCUT2D eigenvalue weighted by Crippen LogP contribution is 2.43. The van der Waals surface area contributed by atoms with E-state index in [-0.39, 0.29) is 17.9 Å². The molecule has 0 saturated heterocycles. The Balaban J connectivity index is 1.66. The van der Waals surface area contributed by atoms with E-state index in [0.29, 0.717) is 31.7 Å². The van der Waals surface area contributed by atoms with Crippen LogP contribution in [-0.4, -0.2) is 41.5 Å². The van der Waals surface area contributed by atoms with Gasteiger partial charge in [0.1, 0.15) is 0 Å². The smallest absolute Gasteiger partial charge is 0.267 e. The molecule has 0 radical (unpaired) electrons. The summed E-state index contributed by atoms with van der Waals surface area (Å²) in [7, 11) is -3.95. The normalized spacial score (nSPS) is 40.2.